The summed E-state index contributed by atoms with van der Waals surface area (Å²) < 4.78 is 5.72. The fraction of sp³-hybridized carbons (Fsp3) is 0.783. The number of piperidine rings is 1. The maximum absolute atomic E-state index is 12.9. The Kier molecular flexibility index (Phi) is 10.5. The number of likely N-dealkylation sites (tertiary alicyclic amines) is 1. The molecule has 1 aromatic heterocycles. The highest BCUT2D eigenvalue weighted by Crippen LogP contribution is 2.32. The van der Waals surface area contributed by atoms with E-state index in [1.165, 1.54) is 17.7 Å². The molecule has 1 N–H and O–H groups in total. The summed E-state index contributed by atoms with van der Waals surface area (Å²) in [6.07, 6.45) is 7.15. The van der Waals surface area contributed by atoms with E-state index in [0.29, 0.717) is 12.5 Å². The molecule has 0 radical (unpaired) electrons. The topological polar surface area (TPSA) is 70.1 Å². The average Bonchev–Trinajstić information content (AvgIpc) is 3.43. The van der Waals surface area contributed by atoms with Gasteiger partial charge < -0.3 is 19.9 Å². The molecule has 1 aliphatic carbocycles. The third-order valence-corrected chi connectivity index (χ3v) is 6.76. The molecule has 1 saturated heterocycles. The number of hydrogen-bond donors (Lipinski definition) is 1. The summed E-state index contributed by atoms with van der Waals surface area (Å²) in [7, 11) is 0. The molecule has 1 amide bonds. The van der Waals surface area contributed by atoms with Gasteiger partial charge in [-0.1, -0.05) is 6.92 Å². The minimum Gasteiger partial charge on any atom is -0.444 e. The van der Waals surface area contributed by atoms with Gasteiger partial charge in [0.25, 0.3) is 0 Å². The molecule has 1 saturated carbocycles. The number of aromatic nitrogens is 1. The van der Waals surface area contributed by atoms with Gasteiger partial charge in [-0.25, -0.2) is 14.8 Å². The van der Waals surface area contributed by atoms with Crippen LogP contribution in [0.3, 0.4) is 0 Å². The Morgan fingerprint density at radius 1 is 1.28 bits per heavy atom. The Bertz CT molecular complexity index is 752. The van der Waals surface area contributed by atoms with Crippen molar-refractivity contribution in [2.45, 2.75) is 84.9 Å². The fourth-order valence-electron chi connectivity index (χ4n) is 3.81. The highest BCUT2D eigenvalue weighted by Gasteiger charge is 2.35. The van der Waals surface area contributed by atoms with Crippen LogP contribution in [-0.4, -0.2) is 64.7 Å². The van der Waals surface area contributed by atoms with Gasteiger partial charge in [0.2, 0.25) is 0 Å². The summed E-state index contributed by atoms with van der Waals surface area (Å²) in [5.41, 5.74) is -0.460. The van der Waals surface area contributed by atoms with Crippen molar-refractivity contribution in [1.29, 1.82) is 0 Å². The summed E-state index contributed by atoms with van der Waals surface area (Å²) in [5.74, 6) is 1.59. The molecule has 0 aromatic carbocycles. The zero-order valence-electron chi connectivity index (χ0n) is 20.2. The monoisotopic (exact) mass is 577 g/mol. The predicted octanol–water partition coefficient (Wildman–Crippen LogP) is 4.90. The Labute approximate surface area is 214 Å². The number of nitrogens with one attached hydrogen (secondary N) is 1. The third kappa shape index (κ3) is 8.35. The maximum Gasteiger partial charge on any atom is 0.410 e. The van der Waals surface area contributed by atoms with Gasteiger partial charge in [-0.15, -0.1) is 35.3 Å². The summed E-state index contributed by atoms with van der Waals surface area (Å²) in [4.78, 5) is 27.8. The number of rotatable bonds is 7. The zero-order valence-corrected chi connectivity index (χ0v) is 23.4. The highest BCUT2D eigenvalue weighted by molar-refractivity contribution is 14.0. The van der Waals surface area contributed by atoms with Crippen molar-refractivity contribution in [2.24, 2.45) is 10.9 Å². The van der Waals surface area contributed by atoms with Crippen molar-refractivity contribution in [2.75, 3.05) is 26.2 Å². The molecule has 2 fully saturated rings. The Hall–Kier alpha value is -1.10. The third-order valence-electron chi connectivity index (χ3n) is 5.63. The first-order valence-corrected chi connectivity index (χ1v) is 12.6. The van der Waals surface area contributed by atoms with E-state index in [0.717, 1.165) is 56.4 Å². The number of hydrogen-bond acceptors (Lipinski definition) is 5. The van der Waals surface area contributed by atoms with E-state index in [-0.39, 0.29) is 36.1 Å². The molecule has 7 nitrogen and oxygen atoms in total. The Balaban J connectivity index is 0.00000363. The van der Waals surface area contributed by atoms with Gasteiger partial charge in [0.1, 0.15) is 10.6 Å². The molecule has 32 heavy (non-hydrogen) atoms. The van der Waals surface area contributed by atoms with E-state index in [1.54, 1.807) is 11.3 Å². The first kappa shape index (κ1) is 27.1. The molecule has 182 valence electrons. The number of carbonyl (C=O) groups is 1. The first-order chi connectivity index (χ1) is 14.8. The summed E-state index contributed by atoms with van der Waals surface area (Å²) in [6, 6.07) is 0.237. The lowest BCUT2D eigenvalue weighted by Gasteiger charge is -2.40. The minimum atomic E-state index is -0.460. The van der Waals surface area contributed by atoms with Gasteiger partial charge in [0.05, 0.1) is 6.54 Å². The van der Waals surface area contributed by atoms with Crippen LogP contribution < -0.4 is 5.32 Å². The van der Waals surface area contributed by atoms with Crippen LogP contribution in [0, 0.1) is 5.92 Å². The van der Waals surface area contributed by atoms with Crippen LogP contribution in [-0.2, 0) is 17.7 Å². The van der Waals surface area contributed by atoms with Gasteiger partial charge in [-0.05, 0) is 65.7 Å². The number of guanidine groups is 1. The summed E-state index contributed by atoms with van der Waals surface area (Å²) >= 11 is 1.74. The quantitative estimate of drug-likeness (QED) is 0.284. The number of carbonyl (C=O) groups excluding carboxylic acids is 1. The van der Waals surface area contributed by atoms with Crippen LogP contribution in [0.15, 0.2) is 11.2 Å². The van der Waals surface area contributed by atoms with E-state index >= 15 is 0 Å². The van der Waals surface area contributed by atoms with Crippen molar-refractivity contribution in [3.63, 3.8) is 0 Å². The molecule has 9 heteroatoms. The second-order valence-electron chi connectivity index (χ2n) is 9.54. The van der Waals surface area contributed by atoms with Gasteiger partial charge >= 0.3 is 6.09 Å². The SMILES string of the molecule is CCNC(=NCc1ncc(CC)s1)N1CCC(N(CC2CC2)C(=O)OC(C)(C)C)CC1.I. The number of aryl methyl sites for hydroxylation is 1. The van der Waals surface area contributed by atoms with Crippen LogP contribution in [0.2, 0.25) is 0 Å². The van der Waals surface area contributed by atoms with Gasteiger partial charge in [-0.2, -0.15) is 0 Å². The van der Waals surface area contributed by atoms with Crippen molar-refractivity contribution in [1.82, 2.24) is 20.1 Å². The van der Waals surface area contributed by atoms with Crippen molar-refractivity contribution >= 4 is 47.4 Å². The van der Waals surface area contributed by atoms with Crippen molar-refractivity contribution < 1.29 is 9.53 Å². The van der Waals surface area contributed by atoms with E-state index in [1.807, 2.05) is 31.9 Å². The Morgan fingerprint density at radius 3 is 2.50 bits per heavy atom. The molecule has 0 spiro atoms. The normalized spacial score (nSPS) is 17.7. The molecular formula is C23H40IN5O2S. The summed E-state index contributed by atoms with van der Waals surface area (Å²) in [6.45, 7) is 14.1. The lowest BCUT2D eigenvalue weighted by atomic mass is 10.0. The van der Waals surface area contributed by atoms with E-state index < -0.39 is 5.60 Å². The minimum absolute atomic E-state index is 0. The molecule has 1 aromatic rings. The van der Waals surface area contributed by atoms with E-state index in [9.17, 15) is 4.79 Å². The van der Waals surface area contributed by atoms with Gasteiger partial charge in [0.15, 0.2) is 5.96 Å². The molecule has 0 bridgehead atoms. The molecule has 1 aliphatic heterocycles. The largest absolute Gasteiger partial charge is 0.444 e. The highest BCUT2D eigenvalue weighted by atomic mass is 127. The number of halogens is 1. The molecular weight excluding hydrogens is 537 g/mol. The van der Waals surface area contributed by atoms with Crippen molar-refractivity contribution in [3.8, 4) is 0 Å². The Morgan fingerprint density at radius 2 is 1.97 bits per heavy atom. The summed E-state index contributed by atoms with van der Waals surface area (Å²) in [5, 5.41) is 4.49. The predicted molar refractivity (Wildman–Crippen MR) is 142 cm³/mol. The lowest BCUT2D eigenvalue weighted by molar-refractivity contribution is 0.00928. The molecule has 2 aliphatic rings. The van der Waals surface area contributed by atoms with Crippen LogP contribution in [0.5, 0.6) is 0 Å². The zero-order chi connectivity index (χ0) is 22.4. The van der Waals surface area contributed by atoms with Crippen LogP contribution in [0.1, 0.15) is 70.2 Å². The van der Waals surface area contributed by atoms with E-state index in [2.05, 4.69) is 29.0 Å². The average molecular weight is 578 g/mol. The van der Waals surface area contributed by atoms with Crippen LogP contribution in [0.4, 0.5) is 4.79 Å². The molecule has 2 heterocycles. The molecule has 0 atom stereocenters. The second-order valence-corrected chi connectivity index (χ2v) is 10.7. The number of aliphatic imine (C=N–C) groups is 1. The number of amides is 1. The molecule has 0 unspecified atom stereocenters. The van der Waals surface area contributed by atoms with Crippen molar-refractivity contribution in [3.05, 3.63) is 16.1 Å². The first-order valence-electron chi connectivity index (χ1n) is 11.8. The molecule has 3 rings (SSSR count). The standard InChI is InChI=1S/C23H39N5O2S.HI/c1-6-19-14-25-20(31-19)15-26-21(24-7-2)27-12-10-18(11-13-27)28(16-17-8-9-17)22(29)30-23(3,4)5;/h14,17-18H,6-13,15-16H2,1-5H3,(H,24,26);1H. The number of nitrogens with zero attached hydrogens (tertiary/aromatic N) is 4. The van der Waals surface area contributed by atoms with Gasteiger partial charge in [-0.3, -0.25) is 0 Å². The van der Waals surface area contributed by atoms with Gasteiger partial charge in [0, 0.05) is 43.3 Å². The lowest BCUT2D eigenvalue weighted by Crippen LogP contribution is -2.52. The van der Waals surface area contributed by atoms with E-state index in [4.69, 9.17) is 9.73 Å². The fourth-order valence-corrected chi connectivity index (χ4v) is 4.60. The van der Waals surface area contributed by atoms with Crippen LogP contribution in [0.25, 0.3) is 0 Å². The second kappa shape index (κ2) is 12.4. The number of ether oxygens (including phenoxy) is 1. The smallest absolute Gasteiger partial charge is 0.410 e. The number of thiazole rings is 1. The van der Waals surface area contributed by atoms with Crippen LogP contribution >= 0.6 is 35.3 Å². The maximum atomic E-state index is 12.9.